The van der Waals surface area contributed by atoms with Gasteiger partial charge in [0.2, 0.25) is 0 Å². The van der Waals surface area contributed by atoms with Gasteiger partial charge < -0.3 is 4.90 Å². The minimum atomic E-state index is 0.0938. The van der Waals surface area contributed by atoms with E-state index in [2.05, 4.69) is 16.0 Å². The Morgan fingerprint density at radius 3 is 2.88 bits per heavy atom. The molecule has 1 saturated heterocycles. The quantitative estimate of drug-likeness (QED) is 0.712. The third-order valence-corrected chi connectivity index (χ3v) is 5.81. The van der Waals surface area contributed by atoms with Gasteiger partial charge in [0.1, 0.15) is 16.5 Å². The van der Waals surface area contributed by atoms with E-state index in [0.717, 1.165) is 47.3 Å². The Kier molecular flexibility index (Phi) is 4.55. The predicted octanol–water partition coefficient (Wildman–Crippen LogP) is 3.36. The molecule has 0 N–H and O–H groups in total. The van der Waals surface area contributed by atoms with Crippen LogP contribution in [0.1, 0.15) is 45.6 Å². The van der Waals surface area contributed by atoms with E-state index in [1.807, 2.05) is 41.6 Å². The highest BCUT2D eigenvalue weighted by Gasteiger charge is 2.28. The van der Waals surface area contributed by atoms with Crippen LogP contribution in [0, 0.1) is 13.8 Å². The number of imidazole rings is 1. The Bertz CT molecular complexity index is 931. The standard InChI is InChI=1S/C19H21N5OS/c1-13-18(26-12-21-13)19(25)23-9-4-5-15(11-23)16-6-3-7-17(22-16)24-10-8-20-14(24)2/h3,6-8,10,12,15H,4-5,9,11H2,1-2H3/t15-/m0/s1. The van der Waals surface area contributed by atoms with Crippen LogP contribution in [0.3, 0.4) is 0 Å². The second kappa shape index (κ2) is 6.99. The van der Waals surface area contributed by atoms with Crippen molar-refractivity contribution in [2.45, 2.75) is 32.6 Å². The molecule has 1 fully saturated rings. The van der Waals surface area contributed by atoms with E-state index in [1.165, 1.54) is 11.3 Å². The first kappa shape index (κ1) is 16.9. The number of carbonyl (C=O) groups is 1. The molecule has 134 valence electrons. The van der Waals surface area contributed by atoms with Gasteiger partial charge in [-0.1, -0.05) is 6.07 Å². The number of pyridine rings is 1. The maximum Gasteiger partial charge on any atom is 0.265 e. The molecular formula is C19H21N5OS. The summed E-state index contributed by atoms with van der Waals surface area (Å²) in [6.07, 6.45) is 5.74. The minimum Gasteiger partial charge on any atom is -0.337 e. The molecule has 0 aliphatic carbocycles. The number of likely N-dealkylation sites (tertiary alicyclic amines) is 1. The van der Waals surface area contributed by atoms with Gasteiger partial charge in [-0.3, -0.25) is 9.36 Å². The zero-order chi connectivity index (χ0) is 18.1. The molecule has 0 aromatic carbocycles. The molecule has 7 heteroatoms. The van der Waals surface area contributed by atoms with Crippen LogP contribution in [0.2, 0.25) is 0 Å². The van der Waals surface area contributed by atoms with Crippen molar-refractivity contribution in [3.05, 3.63) is 58.2 Å². The Morgan fingerprint density at radius 1 is 1.27 bits per heavy atom. The molecule has 1 atom stereocenters. The molecule has 0 bridgehead atoms. The lowest BCUT2D eigenvalue weighted by molar-refractivity contribution is 0.0710. The van der Waals surface area contributed by atoms with E-state index in [1.54, 1.807) is 11.7 Å². The topological polar surface area (TPSA) is 63.9 Å². The number of hydrogen-bond acceptors (Lipinski definition) is 5. The lowest BCUT2D eigenvalue weighted by atomic mass is 9.94. The smallest absolute Gasteiger partial charge is 0.265 e. The number of piperidine rings is 1. The summed E-state index contributed by atoms with van der Waals surface area (Å²) in [6.45, 7) is 5.36. The van der Waals surface area contributed by atoms with Gasteiger partial charge in [-0.15, -0.1) is 11.3 Å². The summed E-state index contributed by atoms with van der Waals surface area (Å²) in [5.41, 5.74) is 3.59. The highest BCUT2D eigenvalue weighted by Crippen LogP contribution is 2.28. The second-order valence-electron chi connectivity index (χ2n) is 6.62. The molecule has 1 aliphatic heterocycles. The maximum atomic E-state index is 12.8. The fraction of sp³-hybridized carbons (Fsp3) is 0.368. The summed E-state index contributed by atoms with van der Waals surface area (Å²) in [4.78, 5) is 28.9. The molecule has 4 rings (SSSR count). The molecular weight excluding hydrogens is 346 g/mol. The summed E-state index contributed by atoms with van der Waals surface area (Å²) in [5, 5.41) is 0. The van der Waals surface area contributed by atoms with Crippen molar-refractivity contribution in [3.8, 4) is 5.82 Å². The Hall–Kier alpha value is -2.54. The van der Waals surface area contributed by atoms with Gasteiger partial charge in [0, 0.05) is 37.1 Å². The summed E-state index contributed by atoms with van der Waals surface area (Å²) >= 11 is 1.42. The van der Waals surface area contributed by atoms with Crippen LogP contribution >= 0.6 is 11.3 Å². The van der Waals surface area contributed by atoms with Crippen molar-refractivity contribution in [2.24, 2.45) is 0 Å². The SMILES string of the molecule is Cc1ncsc1C(=O)N1CCC[C@H](c2cccc(-n3ccnc3C)n2)C1. The van der Waals surface area contributed by atoms with E-state index in [0.29, 0.717) is 6.54 Å². The van der Waals surface area contributed by atoms with Crippen LogP contribution in [-0.2, 0) is 0 Å². The van der Waals surface area contributed by atoms with Crippen LogP contribution in [0.5, 0.6) is 0 Å². The average Bonchev–Trinajstić information content (AvgIpc) is 3.29. The highest BCUT2D eigenvalue weighted by molar-refractivity contribution is 7.11. The van der Waals surface area contributed by atoms with Gasteiger partial charge in [-0.25, -0.2) is 15.0 Å². The molecule has 6 nitrogen and oxygen atoms in total. The van der Waals surface area contributed by atoms with Crippen LogP contribution in [0.4, 0.5) is 0 Å². The van der Waals surface area contributed by atoms with Crippen LogP contribution in [-0.4, -0.2) is 43.4 Å². The molecule has 3 aromatic rings. The Morgan fingerprint density at radius 2 is 2.15 bits per heavy atom. The molecule has 0 saturated carbocycles. The van der Waals surface area contributed by atoms with Crippen LogP contribution in [0.15, 0.2) is 36.1 Å². The van der Waals surface area contributed by atoms with E-state index in [-0.39, 0.29) is 11.8 Å². The first-order chi connectivity index (χ1) is 12.6. The fourth-order valence-corrected chi connectivity index (χ4v) is 4.24. The van der Waals surface area contributed by atoms with E-state index in [4.69, 9.17) is 4.98 Å². The zero-order valence-electron chi connectivity index (χ0n) is 14.9. The summed E-state index contributed by atoms with van der Waals surface area (Å²) in [7, 11) is 0. The third-order valence-electron chi connectivity index (χ3n) is 4.90. The second-order valence-corrected chi connectivity index (χ2v) is 7.48. The summed E-state index contributed by atoms with van der Waals surface area (Å²) in [6, 6.07) is 6.09. The molecule has 1 aliphatic rings. The molecule has 1 amide bonds. The van der Waals surface area contributed by atoms with E-state index < -0.39 is 0 Å². The van der Waals surface area contributed by atoms with Crippen molar-refractivity contribution in [1.82, 2.24) is 24.4 Å². The molecule has 3 aromatic heterocycles. The number of hydrogen-bond donors (Lipinski definition) is 0. The van der Waals surface area contributed by atoms with Crippen molar-refractivity contribution in [2.75, 3.05) is 13.1 Å². The zero-order valence-corrected chi connectivity index (χ0v) is 15.7. The van der Waals surface area contributed by atoms with E-state index in [9.17, 15) is 4.79 Å². The van der Waals surface area contributed by atoms with Gasteiger partial charge in [0.05, 0.1) is 11.2 Å². The highest BCUT2D eigenvalue weighted by atomic mass is 32.1. The number of carbonyl (C=O) groups excluding carboxylic acids is 1. The van der Waals surface area contributed by atoms with Crippen LogP contribution < -0.4 is 0 Å². The molecule has 0 radical (unpaired) electrons. The van der Waals surface area contributed by atoms with Crippen molar-refractivity contribution < 1.29 is 4.79 Å². The molecule has 4 heterocycles. The fourth-order valence-electron chi connectivity index (χ4n) is 3.48. The lowest BCUT2D eigenvalue weighted by Gasteiger charge is -2.32. The van der Waals surface area contributed by atoms with Gasteiger partial charge in [-0.2, -0.15) is 0 Å². The monoisotopic (exact) mass is 367 g/mol. The lowest BCUT2D eigenvalue weighted by Crippen LogP contribution is -2.39. The maximum absolute atomic E-state index is 12.8. The first-order valence-corrected chi connectivity index (χ1v) is 9.68. The minimum absolute atomic E-state index is 0.0938. The molecule has 0 unspecified atom stereocenters. The van der Waals surface area contributed by atoms with Crippen LogP contribution in [0.25, 0.3) is 5.82 Å². The normalized spacial score (nSPS) is 17.5. The van der Waals surface area contributed by atoms with Crippen molar-refractivity contribution >= 4 is 17.2 Å². The number of aromatic nitrogens is 4. The first-order valence-electron chi connectivity index (χ1n) is 8.80. The van der Waals surface area contributed by atoms with Gasteiger partial charge in [0.25, 0.3) is 5.91 Å². The number of aryl methyl sites for hydroxylation is 2. The van der Waals surface area contributed by atoms with Gasteiger partial charge in [0.15, 0.2) is 0 Å². The molecule has 26 heavy (non-hydrogen) atoms. The molecule has 0 spiro atoms. The summed E-state index contributed by atoms with van der Waals surface area (Å²) < 4.78 is 1.98. The Balaban J connectivity index is 1.56. The number of thiazole rings is 1. The predicted molar refractivity (Wildman–Crippen MR) is 101 cm³/mol. The largest absolute Gasteiger partial charge is 0.337 e. The Labute approximate surface area is 156 Å². The van der Waals surface area contributed by atoms with E-state index >= 15 is 0 Å². The average molecular weight is 367 g/mol. The number of nitrogens with zero attached hydrogens (tertiary/aromatic N) is 5. The number of rotatable bonds is 3. The van der Waals surface area contributed by atoms with Gasteiger partial charge in [-0.05, 0) is 38.8 Å². The van der Waals surface area contributed by atoms with Crippen molar-refractivity contribution in [1.29, 1.82) is 0 Å². The van der Waals surface area contributed by atoms with Gasteiger partial charge >= 0.3 is 0 Å². The number of amides is 1. The third kappa shape index (κ3) is 3.14. The summed E-state index contributed by atoms with van der Waals surface area (Å²) in [5.74, 6) is 2.14. The van der Waals surface area contributed by atoms with Crippen molar-refractivity contribution in [3.63, 3.8) is 0 Å².